The SMILES string of the molecule is O=C(Nc1nnc(C2CCCCC2)s1)c1cc(-c2cccnc2)nc2ccc(Cl)cc12. The molecule has 5 rings (SSSR count). The number of carbonyl (C=O) groups is 1. The molecule has 0 spiro atoms. The summed E-state index contributed by atoms with van der Waals surface area (Å²) in [5.74, 6) is 0.195. The van der Waals surface area contributed by atoms with Gasteiger partial charge >= 0.3 is 0 Å². The summed E-state index contributed by atoms with van der Waals surface area (Å²) in [4.78, 5) is 22.1. The van der Waals surface area contributed by atoms with Gasteiger partial charge in [-0.15, -0.1) is 10.2 Å². The van der Waals surface area contributed by atoms with Crippen molar-refractivity contribution in [2.75, 3.05) is 5.32 Å². The van der Waals surface area contributed by atoms with Gasteiger partial charge in [0.1, 0.15) is 5.01 Å². The number of anilines is 1. The molecule has 1 saturated carbocycles. The zero-order valence-electron chi connectivity index (χ0n) is 16.7. The van der Waals surface area contributed by atoms with Gasteiger partial charge in [-0.05, 0) is 49.2 Å². The minimum atomic E-state index is -0.258. The molecule has 1 amide bonds. The molecule has 1 aromatic carbocycles. The highest BCUT2D eigenvalue weighted by atomic mass is 35.5. The second-order valence-electron chi connectivity index (χ2n) is 7.69. The third kappa shape index (κ3) is 4.29. The summed E-state index contributed by atoms with van der Waals surface area (Å²) in [6.45, 7) is 0. The maximum absolute atomic E-state index is 13.2. The molecule has 1 fully saturated rings. The van der Waals surface area contributed by atoms with E-state index in [1.54, 1.807) is 30.6 Å². The van der Waals surface area contributed by atoms with Gasteiger partial charge in [0.2, 0.25) is 5.13 Å². The number of halogens is 1. The van der Waals surface area contributed by atoms with Crippen molar-refractivity contribution in [2.45, 2.75) is 38.0 Å². The van der Waals surface area contributed by atoms with E-state index in [1.165, 1.54) is 30.6 Å². The van der Waals surface area contributed by atoms with Crippen LogP contribution >= 0.6 is 22.9 Å². The van der Waals surface area contributed by atoms with Crippen LogP contribution in [-0.4, -0.2) is 26.1 Å². The third-order valence-corrected chi connectivity index (χ3v) is 6.82. The first-order chi connectivity index (χ1) is 15.2. The Morgan fingerprint density at radius 2 is 1.97 bits per heavy atom. The molecule has 0 atom stereocenters. The summed E-state index contributed by atoms with van der Waals surface area (Å²) in [7, 11) is 0. The first kappa shape index (κ1) is 20.0. The van der Waals surface area contributed by atoms with Crippen molar-refractivity contribution in [2.24, 2.45) is 0 Å². The number of pyridine rings is 2. The van der Waals surface area contributed by atoms with E-state index in [0.717, 1.165) is 23.4 Å². The Balaban J connectivity index is 1.49. The standard InChI is InChI=1S/C23H20ClN5OS/c24-16-8-9-19-17(11-16)18(12-20(26-19)15-7-4-10-25-13-15)21(30)27-23-29-28-22(31-23)14-5-2-1-3-6-14/h4,7-14H,1-3,5-6H2,(H,27,29,30). The second kappa shape index (κ2) is 8.69. The molecule has 0 radical (unpaired) electrons. The number of carbonyl (C=O) groups excluding carboxylic acids is 1. The van der Waals surface area contributed by atoms with Crippen LogP contribution in [0.4, 0.5) is 5.13 Å². The largest absolute Gasteiger partial charge is 0.296 e. The summed E-state index contributed by atoms with van der Waals surface area (Å²) in [5.41, 5.74) is 2.69. The van der Waals surface area contributed by atoms with Crippen molar-refractivity contribution in [3.63, 3.8) is 0 Å². The average molecular weight is 450 g/mol. The molecule has 3 aromatic heterocycles. The summed E-state index contributed by atoms with van der Waals surface area (Å²) in [6.07, 6.45) is 9.47. The van der Waals surface area contributed by atoms with Gasteiger partial charge in [0.15, 0.2) is 0 Å². The van der Waals surface area contributed by atoms with Crippen LogP contribution in [0.2, 0.25) is 5.02 Å². The molecular formula is C23H20ClN5OS. The maximum atomic E-state index is 13.2. The van der Waals surface area contributed by atoms with Crippen molar-refractivity contribution in [1.82, 2.24) is 20.2 Å². The lowest BCUT2D eigenvalue weighted by molar-refractivity contribution is 0.102. The molecule has 0 bridgehead atoms. The number of amides is 1. The molecule has 1 aliphatic rings. The van der Waals surface area contributed by atoms with Gasteiger partial charge in [0.05, 0.1) is 16.8 Å². The van der Waals surface area contributed by atoms with Crippen LogP contribution in [-0.2, 0) is 0 Å². The van der Waals surface area contributed by atoms with Crippen molar-refractivity contribution in [3.05, 3.63) is 64.4 Å². The van der Waals surface area contributed by atoms with Crippen molar-refractivity contribution in [3.8, 4) is 11.3 Å². The third-order valence-electron chi connectivity index (χ3n) is 5.59. The molecule has 8 heteroatoms. The molecule has 1 N–H and O–H groups in total. The Kier molecular flexibility index (Phi) is 5.61. The Morgan fingerprint density at radius 1 is 1.10 bits per heavy atom. The molecule has 31 heavy (non-hydrogen) atoms. The van der Waals surface area contributed by atoms with Crippen molar-refractivity contribution >= 4 is 44.9 Å². The number of benzene rings is 1. The first-order valence-electron chi connectivity index (χ1n) is 10.3. The monoisotopic (exact) mass is 449 g/mol. The van der Waals surface area contributed by atoms with E-state index < -0.39 is 0 Å². The van der Waals surface area contributed by atoms with Gasteiger partial charge in [-0.3, -0.25) is 15.1 Å². The predicted octanol–water partition coefficient (Wildman–Crippen LogP) is 6.10. The van der Waals surface area contributed by atoms with Gasteiger partial charge in [-0.1, -0.05) is 42.2 Å². The van der Waals surface area contributed by atoms with Crippen LogP contribution in [0.5, 0.6) is 0 Å². The summed E-state index contributed by atoms with van der Waals surface area (Å²) >= 11 is 7.68. The molecular weight excluding hydrogens is 430 g/mol. The maximum Gasteiger partial charge on any atom is 0.258 e. The fourth-order valence-corrected chi connectivity index (χ4v) is 5.09. The smallest absolute Gasteiger partial charge is 0.258 e. The van der Waals surface area contributed by atoms with Crippen LogP contribution in [0.3, 0.4) is 0 Å². The van der Waals surface area contributed by atoms with Gasteiger partial charge in [-0.25, -0.2) is 4.98 Å². The van der Waals surface area contributed by atoms with Gasteiger partial charge in [-0.2, -0.15) is 0 Å². The summed E-state index contributed by atoms with van der Waals surface area (Å²) in [5, 5.41) is 14.2. The van der Waals surface area contributed by atoms with E-state index in [0.29, 0.717) is 38.2 Å². The molecule has 4 aromatic rings. The highest BCUT2D eigenvalue weighted by Crippen LogP contribution is 2.35. The first-order valence-corrected chi connectivity index (χ1v) is 11.5. The second-order valence-corrected chi connectivity index (χ2v) is 9.14. The van der Waals surface area contributed by atoms with E-state index in [4.69, 9.17) is 16.6 Å². The molecule has 3 heterocycles. The number of hydrogen-bond donors (Lipinski definition) is 1. The fourth-order valence-electron chi connectivity index (χ4n) is 4.01. The molecule has 156 valence electrons. The van der Waals surface area contributed by atoms with Crippen molar-refractivity contribution < 1.29 is 4.79 Å². The summed E-state index contributed by atoms with van der Waals surface area (Å²) < 4.78 is 0. The minimum Gasteiger partial charge on any atom is -0.296 e. The number of hydrogen-bond acceptors (Lipinski definition) is 6. The number of nitrogens with zero attached hydrogens (tertiary/aromatic N) is 4. The number of rotatable bonds is 4. The zero-order chi connectivity index (χ0) is 21.2. The van der Waals surface area contributed by atoms with E-state index in [2.05, 4.69) is 20.5 Å². The van der Waals surface area contributed by atoms with Crippen LogP contribution in [0.1, 0.15) is 53.4 Å². The Labute approximate surface area is 188 Å². The number of aromatic nitrogens is 4. The molecule has 1 aliphatic carbocycles. The van der Waals surface area contributed by atoms with Gasteiger partial charge < -0.3 is 0 Å². The van der Waals surface area contributed by atoms with E-state index in [-0.39, 0.29) is 5.91 Å². The zero-order valence-corrected chi connectivity index (χ0v) is 18.3. The Morgan fingerprint density at radius 3 is 2.77 bits per heavy atom. The highest BCUT2D eigenvalue weighted by Gasteiger charge is 2.21. The Hall–Kier alpha value is -2.90. The normalized spacial score (nSPS) is 14.6. The lowest BCUT2D eigenvalue weighted by Crippen LogP contribution is -2.13. The van der Waals surface area contributed by atoms with E-state index in [1.807, 2.05) is 18.2 Å². The predicted molar refractivity (Wildman–Crippen MR) is 124 cm³/mol. The molecule has 0 saturated heterocycles. The van der Waals surface area contributed by atoms with Crippen LogP contribution in [0.25, 0.3) is 22.2 Å². The van der Waals surface area contributed by atoms with Crippen LogP contribution < -0.4 is 5.32 Å². The van der Waals surface area contributed by atoms with Gasteiger partial charge in [0.25, 0.3) is 5.91 Å². The molecule has 0 unspecified atom stereocenters. The quantitative estimate of drug-likeness (QED) is 0.407. The fraction of sp³-hybridized carbons (Fsp3) is 0.261. The van der Waals surface area contributed by atoms with Gasteiger partial charge in [0, 0.05) is 34.3 Å². The topological polar surface area (TPSA) is 80.7 Å². The van der Waals surface area contributed by atoms with Crippen LogP contribution in [0.15, 0.2) is 48.8 Å². The van der Waals surface area contributed by atoms with E-state index >= 15 is 0 Å². The van der Waals surface area contributed by atoms with Crippen molar-refractivity contribution in [1.29, 1.82) is 0 Å². The summed E-state index contributed by atoms with van der Waals surface area (Å²) in [6, 6.07) is 10.9. The lowest BCUT2D eigenvalue weighted by Gasteiger charge is -2.18. The molecule has 6 nitrogen and oxygen atoms in total. The number of fused-ring (bicyclic) bond motifs is 1. The minimum absolute atomic E-state index is 0.258. The van der Waals surface area contributed by atoms with E-state index in [9.17, 15) is 4.79 Å². The van der Waals surface area contributed by atoms with Crippen LogP contribution in [0, 0.1) is 0 Å². The average Bonchev–Trinajstić information content (AvgIpc) is 3.28. The lowest BCUT2D eigenvalue weighted by atomic mass is 9.90. The highest BCUT2D eigenvalue weighted by molar-refractivity contribution is 7.15. The Bertz CT molecular complexity index is 1240. The molecule has 0 aliphatic heterocycles. The number of nitrogens with one attached hydrogen (secondary N) is 1.